The number of rotatable bonds is 5. The molecule has 1 aliphatic rings. The van der Waals surface area contributed by atoms with Crippen LogP contribution in [0.4, 0.5) is 0 Å². The van der Waals surface area contributed by atoms with Gasteiger partial charge in [0.05, 0.1) is 10.4 Å². The van der Waals surface area contributed by atoms with Gasteiger partial charge in [-0.3, -0.25) is 4.98 Å². The summed E-state index contributed by atoms with van der Waals surface area (Å²) in [6, 6.07) is 6.32. The predicted molar refractivity (Wildman–Crippen MR) is 110 cm³/mol. The molecule has 0 aliphatic carbocycles. The molecule has 0 spiro atoms. The number of hydrogen-bond acceptors (Lipinski definition) is 8. The summed E-state index contributed by atoms with van der Waals surface area (Å²) < 4.78 is 38.1. The van der Waals surface area contributed by atoms with Crippen molar-refractivity contribution in [2.75, 3.05) is 13.1 Å². The lowest BCUT2D eigenvalue weighted by Crippen LogP contribution is -2.40. The van der Waals surface area contributed by atoms with E-state index in [2.05, 4.69) is 15.1 Å². The Labute approximate surface area is 175 Å². The molecule has 1 saturated heterocycles. The zero-order chi connectivity index (χ0) is 20.7. The fraction of sp³-hybridized carbons (Fsp3) is 0.316. The fourth-order valence-corrected chi connectivity index (χ4v) is 5.96. The van der Waals surface area contributed by atoms with Gasteiger partial charge in [0.25, 0.3) is 0 Å². The lowest BCUT2D eigenvalue weighted by molar-refractivity contribution is 0.247. The van der Waals surface area contributed by atoms with Gasteiger partial charge in [-0.1, -0.05) is 5.16 Å². The van der Waals surface area contributed by atoms with Gasteiger partial charge >= 0.3 is 5.76 Å². The van der Waals surface area contributed by atoms with Gasteiger partial charge in [-0.2, -0.15) is 20.6 Å². The second kappa shape index (κ2) is 7.49. The molecule has 0 unspecified atom stereocenters. The van der Waals surface area contributed by atoms with Gasteiger partial charge in [0, 0.05) is 30.5 Å². The lowest BCUT2D eigenvalue weighted by atomic mass is 9.96. The minimum absolute atomic E-state index is 0.0850. The molecule has 4 heterocycles. The normalized spacial score (nSPS) is 18.2. The van der Waals surface area contributed by atoms with Crippen molar-refractivity contribution in [3.05, 3.63) is 51.5 Å². The van der Waals surface area contributed by atoms with E-state index in [-0.39, 0.29) is 10.8 Å². The number of oxazole rings is 1. The summed E-state index contributed by atoms with van der Waals surface area (Å²) >= 11 is 1.56. The van der Waals surface area contributed by atoms with Crippen LogP contribution in [-0.2, 0) is 16.4 Å². The largest absolute Gasteiger partial charge is 0.417 e. The van der Waals surface area contributed by atoms with Crippen LogP contribution < -0.4 is 5.76 Å². The Bertz CT molecular complexity index is 1340. The third kappa shape index (κ3) is 3.59. The lowest BCUT2D eigenvalue weighted by Gasteiger charge is -2.31. The Hall–Kier alpha value is -2.76. The van der Waals surface area contributed by atoms with Crippen LogP contribution in [0.2, 0.25) is 0 Å². The molecule has 4 aromatic rings. The minimum Gasteiger partial charge on any atom is -0.408 e. The molecule has 0 amide bonds. The summed E-state index contributed by atoms with van der Waals surface area (Å²) in [5.41, 5.74) is 1.60. The fourth-order valence-electron chi connectivity index (χ4n) is 3.75. The van der Waals surface area contributed by atoms with E-state index in [4.69, 9.17) is 8.94 Å². The number of aromatic amines is 1. The molecule has 30 heavy (non-hydrogen) atoms. The van der Waals surface area contributed by atoms with Crippen molar-refractivity contribution < 1.29 is 17.4 Å². The number of piperidine rings is 1. The molecule has 0 saturated carbocycles. The van der Waals surface area contributed by atoms with E-state index in [0.29, 0.717) is 42.3 Å². The number of aromatic nitrogens is 3. The van der Waals surface area contributed by atoms with Crippen molar-refractivity contribution in [3.8, 4) is 11.4 Å². The molecule has 0 bridgehead atoms. The smallest absolute Gasteiger partial charge is 0.408 e. The van der Waals surface area contributed by atoms with Crippen LogP contribution in [0.25, 0.3) is 22.5 Å². The van der Waals surface area contributed by atoms with Crippen molar-refractivity contribution >= 4 is 32.5 Å². The number of hydrogen-bond donors (Lipinski definition) is 1. The highest BCUT2D eigenvalue weighted by Gasteiger charge is 2.31. The zero-order valence-electron chi connectivity index (χ0n) is 15.8. The summed E-state index contributed by atoms with van der Waals surface area (Å²) in [7, 11) is -3.70. The second-order valence-electron chi connectivity index (χ2n) is 7.27. The van der Waals surface area contributed by atoms with Crippen LogP contribution in [-0.4, -0.2) is 40.9 Å². The number of thiophene rings is 1. The standard InChI is InChI=1S/C19H18N4O5S2/c24-19-20-15-9-14(3-4-16(15)27-19)30(25,26)23-6-1-2-12(10-23)8-17-21-18(22-28-17)13-5-7-29-11-13/h3-5,7,9,11-12H,1-2,6,8,10H2,(H,20,24)/t12-/m0/s1. The van der Waals surface area contributed by atoms with Crippen LogP contribution in [0, 0.1) is 5.92 Å². The molecule has 1 atom stereocenters. The van der Waals surface area contributed by atoms with E-state index < -0.39 is 15.8 Å². The second-order valence-corrected chi connectivity index (χ2v) is 9.99. The van der Waals surface area contributed by atoms with Crippen LogP contribution in [0.5, 0.6) is 0 Å². The molecule has 11 heteroatoms. The van der Waals surface area contributed by atoms with Gasteiger partial charge in [-0.15, -0.1) is 0 Å². The average molecular weight is 447 g/mol. The third-order valence-electron chi connectivity index (χ3n) is 5.22. The number of H-pyrrole nitrogens is 1. The monoisotopic (exact) mass is 446 g/mol. The van der Waals surface area contributed by atoms with Crippen LogP contribution in [0.15, 0.2) is 53.7 Å². The van der Waals surface area contributed by atoms with E-state index in [0.717, 1.165) is 18.4 Å². The van der Waals surface area contributed by atoms with Gasteiger partial charge < -0.3 is 8.94 Å². The molecule has 1 aliphatic heterocycles. The van der Waals surface area contributed by atoms with E-state index in [1.165, 1.54) is 22.5 Å². The van der Waals surface area contributed by atoms with Gasteiger partial charge in [0.2, 0.25) is 21.7 Å². The highest BCUT2D eigenvalue weighted by molar-refractivity contribution is 7.89. The average Bonchev–Trinajstić information content (AvgIpc) is 3.47. The van der Waals surface area contributed by atoms with Gasteiger partial charge in [0.1, 0.15) is 0 Å². The predicted octanol–water partition coefficient (Wildman–Crippen LogP) is 2.88. The Morgan fingerprint density at radius 3 is 3.03 bits per heavy atom. The van der Waals surface area contributed by atoms with E-state index in [1.807, 2.05) is 16.8 Å². The SMILES string of the molecule is O=c1[nH]c2cc(S(=O)(=O)N3CCC[C@@H](Cc4nc(-c5ccsc5)no4)C3)ccc2o1. The topological polar surface area (TPSA) is 122 Å². The molecule has 156 valence electrons. The minimum atomic E-state index is -3.70. The van der Waals surface area contributed by atoms with E-state index >= 15 is 0 Å². The van der Waals surface area contributed by atoms with Crippen molar-refractivity contribution in [2.45, 2.75) is 24.2 Å². The number of nitrogens with zero attached hydrogens (tertiary/aromatic N) is 3. The van der Waals surface area contributed by atoms with Gasteiger partial charge in [-0.25, -0.2) is 13.2 Å². The Morgan fingerprint density at radius 1 is 1.30 bits per heavy atom. The molecule has 5 rings (SSSR count). The van der Waals surface area contributed by atoms with Crippen LogP contribution in [0.3, 0.4) is 0 Å². The molecular weight excluding hydrogens is 428 g/mol. The highest BCUT2D eigenvalue weighted by Crippen LogP contribution is 2.28. The number of fused-ring (bicyclic) bond motifs is 1. The van der Waals surface area contributed by atoms with Crippen molar-refractivity contribution in [2.24, 2.45) is 5.92 Å². The molecule has 0 radical (unpaired) electrons. The van der Waals surface area contributed by atoms with Crippen LogP contribution in [0.1, 0.15) is 18.7 Å². The maximum Gasteiger partial charge on any atom is 0.417 e. The third-order valence-corrected chi connectivity index (χ3v) is 7.77. The molecular formula is C19H18N4O5S2. The molecule has 3 aromatic heterocycles. The van der Waals surface area contributed by atoms with Crippen molar-refractivity contribution in [1.82, 2.24) is 19.4 Å². The maximum atomic E-state index is 13.1. The van der Waals surface area contributed by atoms with E-state index in [9.17, 15) is 13.2 Å². The number of nitrogens with one attached hydrogen (secondary N) is 1. The number of sulfonamides is 1. The summed E-state index contributed by atoms with van der Waals surface area (Å²) in [5, 5.41) is 7.92. The maximum absolute atomic E-state index is 13.1. The Balaban J connectivity index is 1.33. The Kier molecular flexibility index (Phi) is 4.80. The van der Waals surface area contributed by atoms with Crippen molar-refractivity contribution in [1.29, 1.82) is 0 Å². The summed E-state index contributed by atoms with van der Waals surface area (Å²) in [5.74, 6) is 0.535. The molecule has 1 N–H and O–H groups in total. The highest BCUT2D eigenvalue weighted by atomic mass is 32.2. The van der Waals surface area contributed by atoms with Gasteiger partial charge in [-0.05, 0) is 48.4 Å². The van der Waals surface area contributed by atoms with Gasteiger partial charge in [0.15, 0.2) is 5.58 Å². The first kappa shape index (κ1) is 19.2. The molecule has 9 nitrogen and oxygen atoms in total. The zero-order valence-corrected chi connectivity index (χ0v) is 17.4. The number of benzene rings is 1. The summed E-state index contributed by atoms with van der Waals surface area (Å²) in [6.07, 6.45) is 2.16. The Morgan fingerprint density at radius 2 is 2.20 bits per heavy atom. The molecule has 1 fully saturated rings. The summed E-state index contributed by atoms with van der Waals surface area (Å²) in [6.45, 7) is 0.821. The molecule has 1 aromatic carbocycles. The first-order chi connectivity index (χ1) is 14.5. The quantitative estimate of drug-likeness (QED) is 0.500. The first-order valence-electron chi connectivity index (χ1n) is 9.47. The van der Waals surface area contributed by atoms with E-state index in [1.54, 1.807) is 11.3 Å². The summed E-state index contributed by atoms with van der Waals surface area (Å²) in [4.78, 5) is 18.4. The first-order valence-corrected chi connectivity index (χ1v) is 11.9. The van der Waals surface area contributed by atoms with Crippen molar-refractivity contribution in [3.63, 3.8) is 0 Å². The van der Waals surface area contributed by atoms with Crippen LogP contribution >= 0.6 is 11.3 Å².